The minimum Gasteiger partial charge on any atom is -0.408 e. The summed E-state index contributed by atoms with van der Waals surface area (Å²) in [7, 11) is 2.06. The van der Waals surface area contributed by atoms with Gasteiger partial charge in [-0.2, -0.15) is 0 Å². The van der Waals surface area contributed by atoms with Gasteiger partial charge in [-0.05, 0) is 58.2 Å². The Morgan fingerprint density at radius 2 is 1.72 bits per heavy atom. The number of rotatable bonds is 10. The van der Waals surface area contributed by atoms with Crippen LogP contribution in [0.4, 0.5) is 0 Å². The Hall–Kier alpha value is -1.65. The third-order valence-electron chi connectivity index (χ3n) is 6.88. The standard InChI is InChI=1S/C25H41N5O4S.ClH/c1-16(2)15-19(20(31)22-28-29-24(34-22)35-17(3)4)26-23(33)25(11-7-6-8-12-25)27-21(32)18-9-13-30(5)14-10-18;/h16-19H,6-15H2,1-5H3,(H,26,33)(H,27,32);1H. The summed E-state index contributed by atoms with van der Waals surface area (Å²) in [6, 6.07) is -0.793. The second-order valence-corrected chi connectivity index (χ2v) is 12.3. The third kappa shape index (κ3) is 8.18. The molecule has 1 atom stereocenters. The molecule has 2 amide bonds. The van der Waals surface area contributed by atoms with Gasteiger partial charge in [-0.1, -0.05) is 58.7 Å². The van der Waals surface area contributed by atoms with Crippen LogP contribution in [0.15, 0.2) is 9.64 Å². The van der Waals surface area contributed by atoms with E-state index in [2.05, 4.69) is 32.8 Å². The number of amides is 2. The minimum atomic E-state index is -0.984. The van der Waals surface area contributed by atoms with Crippen LogP contribution in [0.5, 0.6) is 0 Å². The first-order valence-corrected chi connectivity index (χ1v) is 13.8. The molecule has 0 bridgehead atoms. The molecule has 1 aromatic heterocycles. The lowest BCUT2D eigenvalue weighted by molar-refractivity contribution is -0.137. The second kappa shape index (κ2) is 13.8. The number of likely N-dealkylation sites (tertiary alicyclic amines) is 1. The van der Waals surface area contributed by atoms with Gasteiger partial charge >= 0.3 is 0 Å². The van der Waals surface area contributed by atoms with Crippen LogP contribution >= 0.6 is 24.2 Å². The van der Waals surface area contributed by atoms with E-state index in [1.54, 1.807) is 0 Å². The number of aromatic nitrogens is 2. The summed E-state index contributed by atoms with van der Waals surface area (Å²) in [4.78, 5) is 42.4. The van der Waals surface area contributed by atoms with Crippen LogP contribution in [0.1, 0.15) is 89.7 Å². The topological polar surface area (TPSA) is 117 Å². The highest BCUT2D eigenvalue weighted by Gasteiger charge is 2.44. The Morgan fingerprint density at radius 3 is 2.31 bits per heavy atom. The van der Waals surface area contributed by atoms with Gasteiger partial charge in [0.15, 0.2) is 0 Å². The van der Waals surface area contributed by atoms with E-state index in [1.165, 1.54) is 11.8 Å². The number of hydrogen-bond acceptors (Lipinski definition) is 8. The Bertz CT molecular complexity index is 880. The molecule has 2 heterocycles. The van der Waals surface area contributed by atoms with E-state index in [9.17, 15) is 14.4 Å². The molecule has 9 nitrogen and oxygen atoms in total. The summed E-state index contributed by atoms with van der Waals surface area (Å²) < 4.78 is 5.59. The molecule has 2 aliphatic rings. The van der Waals surface area contributed by atoms with Crippen molar-refractivity contribution in [2.24, 2.45) is 11.8 Å². The molecule has 204 valence electrons. The van der Waals surface area contributed by atoms with Crippen molar-refractivity contribution in [1.29, 1.82) is 0 Å². The van der Waals surface area contributed by atoms with Gasteiger partial charge in [0, 0.05) is 11.2 Å². The van der Waals surface area contributed by atoms with Gasteiger partial charge < -0.3 is 20.0 Å². The van der Waals surface area contributed by atoms with Gasteiger partial charge in [0.1, 0.15) is 5.54 Å². The Balaban J connectivity index is 0.00000456. The maximum Gasteiger partial charge on any atom is 0.286 e. The fraction of sp³-hybridized carbons (Fsp3) is 0.800. The zero-order chi connectivity index (χ0) is 25.6. The molecule has 3 rings (SSSR count). The average Bonchev–Trinajstić information content (AvgIpc) is 3.26. The maximum absolute atomic E-state index is 13.7. The van der Waals surface area contributed by atoms with Crippen molar-refractivity contribution in [3.8, 4) is 0 Å². The van der Waals surface area contributed by atoms with E-state index in [1.807, 2.05) is 27.7 Å². The van der Waals surface area contributed by atoms with Gasteiger partial charge in [-0.3, -0.25) is 14.4 Å². The van der Waals surface area contributed by atoms with Crippen LogP contribution < -0.4 is 10.6 Å². The third-order valence-corrected chi connectivity index (χ3v) is 7.71. The van der Waals surface area contributed by atoms with E-state index in [0.717, 1.165) is 45.2 Å². The van der Waals surface area contributed by atoms with Crippen LogP contribution in [-0.4, -0.2) is 69.7 Å². The summed E-state index contributed by atoms with van der Waals surface area (Å²) in [6.07, 6.45) is 5.95. The molecule has 0 spiro atoms. The first kappa shape index (κ1) is 30.6. The van der Waals surface area contributed by atoms with Gasteiger partial charge in [0.2, 0.25) is 17.6 Å². The SMILES string of the molecule is CC(C)CC(NC(=O)C1(NC(=O)C2CCN(C)CC2)CCCCC1)C(=O)c1nnc(SC(C)C)o1.Cl. The number of carbonyl (C=O) groups excluding carboxylic acids is 3. The van der Waals surface area contributed by atoms with Crippen molar-refractivity contribution >= 4 is 41.8 Å². The lowest BCUT2D eigenvalue weighted by atomic mass is 9.79. The monoisotopic (exact) mass is 543 g/mol. The van der Waals surface area contributed by atoms with Crippen LogP contribution in [0, 0.1) is 11.8 Å². The number of halogens is 1. The quantitative estimate of drug-likeness (QED) is 0.337. The molecule has 1 saturated heterocycles. The molecule has 1 aliphatic heterocycles. The number of ketones is 1. The van der Waals surface area contributed by atoms with E-state index in [4.69, 9.17) is 4.42 Å². The molecule has 2 N–H and O–H groups in total. The number of nitrogens with zero attached hydrogens (tertiary/aromatic N) is 3. The van der Waals surface area contributed by atoms with Crippen molar-refractivity contribution in [3.05, 3.63) is 5.89 Å². The van der Waals surface area contributed by atoms with Crippen LogP contribution in [0.25, 0.3) is 0 Å². The number of hydrogen-bond donors (Lipinski definition) is 2. The van der Waals surface area contributed by atoms with E-state index in [-0.39, 0.29) is 53.0 Å². The van der Waals surface area contributed by atoms with E-state index >= 15 is 0 Å². The molecular formula is C25H42ClN5O4S. The molecule has 1 unspecified atom stereocenters. The van der Waals surface area contributed by atoms with Crippen LogP contribution in [-0.2, 0) is 9.59 Å². The highest BCUT2D eigenvalue weighted by atomic mass is 35.5. The van der Waals surface area contributed by atoms with Crippen LogP contribution in [0.2, 0.25) is 0 Å². The Labute approximate surface area is 225 Å². The Morgan fingerprint density at radius 1 is 1.08 bits per heavy atom. The van der Waals surface area contributed by atoms with Crippen molar-refractivity contribution in [2.75, 3.05) is 20.1 Å². The zero-order valence-electron chi connectivity index (χ0n) is 22.2. The van der Waals surface area contributed by atoms with Gasteiger partial charge in [-0.25, -0.2) is 0 Å². The number of Topliss-reactive ketones (excluding diaryl/α,β-unsaturated/α-hetero) is 1. The predicted octanol–water partition coefficient (Wildman–Crippen LogP) is 3.87. The van der Waals surface area contributed by atoms with Crippen molar-refractivity contribution in [1.82, 2.24) is 25.7 Å². The van der Waals surface area contributed by atoms with E-state index < -0.39 is 11.6 Å². The number of thioether (sulfide) groups is 1. The number of piperidine rings is 1. The van der Waals surface area contributed by atoms with Crippen molar-refractivity contribution in [2.45, 2.75) is 101 Å². The predicted molar refractivity (Wildman–Crippen MR) is 142 cm³/mol. The molecular weight excluding hydrogens is 502 g/mol. The molecule has 1 saturated carbocycles. The summed E-state index contributed by atoms with van der Waals surface area (Å²) in [5.74, 6) is -0.730. The zero-order valence-corrected chi connectivity index (χ0v) is 23.8. The fourth-order valence-corrected chi connectivity index (χ4v) is 5.50. The second-order valence-electron chi connectivity index (χ2n) is 10.8. The molecule has 36 heavy (non-hydrogen) atoms. The first-order valence-electron chi connectivity index (χ1n) is 13.0. The van der Waals surface area contributed by atoms with E-state index in [0.29, 0.717) is 24.5 Å². The van der Waals surface area contributed by atoms with Crippen molar-refractivity contribution in [3.63, 3.8) is 0 Å². The normalized spacial score (nSPS) is 19.5. The highest BCUT2D eigenvalue weighted by molar-refractivity contribution is 7.99. The molecule has 11 heteroatoms. The van der Waals surface area contributed by atoms with Gasteiger partial charge in [0.25, 0.3) is 11.1 Å². The van der Waals surface area contributed by atoms with Gasteiger partial charge in [-0.15, -0.1) is 22.6 Å². The van der Waals surface area contributed by atoms with Crippen LogP contribution in [0.3, 0.4) is 0 Å². The number of carbonyl (C=O) groups is 3. The average molecular weight is 544 g/mol. The summed E-state index contributed by atoms with van der Waals surface area (Å²) in [5, 5.41) is 14.6. The molecule has 2 fully saturated rings. The largest absolute Gasteiger partial charge is 0.408 e. The molecule has 0 radical (unpaired) electrons. The number of nitrogens with one attached hydrogen (secondary N) is 2. The van der Waals surface area contributed by atoms with Gasteiger partial charge in [0.05, 0.1) is 6.04 Å². The summed E-state index contributed by atoms with van der Waals surface area (Å²) in [6.45, 7) is 9.76. The lowest BCUT2D eigenvalue weighted by Crippen LogP contribution is -2.63. The fourth-order valence-electron chi connectivity index (χ4n) is 4.88. The Kier molecular flexibility index (Phi) is 11.7. The smallest absolute Gasteiger partial charge is 0.286 e. The summed E-state index contributed by atoms with van der Waals surface area (Å²) >= 11 is 1.39. The highest BCUT2D eigenvalue weighted by Crippen LogP contribution is 2.30. The molecule has 1 aromatic rings. The lowest BCUT2D eigenvalue weighted by Gasteiger charge is -2.39. The van der Waals surface area contributed by atoms with Crippen molar-refractivity contribution < 1.29 is 18.8 Å². The maximum atomic E-state index is 13.7. The minimum absolute atomic E-state index is 0. The summed E-state index contributed by atoms with van der Waals surface area (Å²) in [5.41, 5.74) is -0.984. The first-order chi connectivity index (χ1) is 16.6. The molecule has 1 aliphatic carbocycles. The molecule has 0 aromatic carbocycles.